The van der Waals surface area contributed by atoms with Gasteiger partial charge in [-0.3, -0.25) is 0 Å². The quantitative estimate of drug-likeness (QED) is 0.754. The second-order valence-electron chi connectivity index (χ2n) is 3.37. The van der Waals surface area contributed by atoms with E-state index in [4.69, 9.17) is 16.3 Å². The molecule has 6 heteroatoms. The van der Waals surface area contributed by atoms with Crippen LogP contribution < -0.4 is 9.46 Å². The molecule has 0 spiro atoms. The predicted octanol–water partition coefficient (Wildman–Crippen LogP) is 1.40. The van der Waals surface area contributed by atoms with Gasteiger partial charge in [0.2, 0.25) is 10.0 Å². The van der Waals surface area contributed by atoms with Crippen molar-refractivity contribution < 1.29 is 13.2 Å². The van der Waals surface area contributed by atoms with E-state index in [1.807, 2.05) is 0 Å². The van der Waals surface area contributed by atoms with Crippen LogP contribution in [0.2, 0.25) is 5.02 Å². The van der Waals surface area contributed by atoms with Crippen LogP contribution in [-0.2, 0) is 10.0 Å². The third-order valence-electron chi connectivity index (χ3n) is 2.08. The maximum Gasteiger partial charge on any atom is 0.244 e. The molecule has 0 aromatic heterocycles. The average molecular weight is 248 g/mol. The van der Waals surface area contributed by atoms with Gasteiger partial charge in [0.05, 0.1) is 0 Å². The smallest absolute Gasteiger partial charge is 0.244 e. The van der Waals surface area contributed by atoms with Crippen molar-refractivity contribution in [1.29, 1.82) is 0 Å². The molecule has 0 radical (unpaired) electrons. The molecule has 1 aromatic rings. The molecule has 0 fully saturated rings. The zero-order valence-corrected chi connectivity index (χ0v) is 9.60. The van der Waals surface area contributed by atoms with E-state index in [1.165, 1.54) is 6.07 Å². The topological polar surface area (TPSA) is 55.4 Å². The van der Waals surface area contributed by atoms with Gasteiger partial charge in [-0.05, 0) is 25.1 Å². The fraction of sp³-hybridized carbons (Fsp3) is 0.333. The van der Waals surface area contributed by atoms with Gasteiger partial charge in [-0.25, -0.2) is 13.1 Å². The number of ether oxygens (including phenoxy) is 1. The monoisotopic (exact) mass is 247 g/mol. The minimum absolute atomic E-state index is 0.0966. The van der Waals surface area contributed by atoms with Gasteiger partial charge < -0.3 is 4.74 Å². The Balaban J connectivity index is 2.61. The summed E-state index contributed by atoms with van der Waals surface area (Å²) >= 11 is 5.75. The van der Waals surface area contributed by atoms with Crippen LogP contribution in [-0.4, -0.2) is 21.1 Å². The molecule has 82 valence electrons. The highest BCUT2D eigenvalue weighted by Crippen LogP contribution is 2.29. The highest BCUT2D eigenvalue weighted by molar-refractivity contribution is 7.89. The van der Waals surface area contributed by atoms with E-state index in [2.05, 4.69) is 4.72 Å². The number of rotatable bonds is 0. The van der Waals surface area contributed by atoms with Crippen molar-refractivity contribution in [2.45, 2.75) is 17.9 Å². The summed E-state index contributed by atoms with van der Waals surface area (Å²) in [5.41, 5.74) is 0. The summed E-state index contributed by atoms with van der Waals surface area (Å²) in [5.74, 6) is 0.344. The van der Waals surface area contributed by atoms with Crippen LogP contribution in [0.25, 0.3) is 0 Å². The van der Waals surface area contributed by atoms with Gasteiger partial charge in [-0.2, -0.15) is 0 Å². The molecule has 1 heterocycles. The van der Waals surface area contributed by atoms with Crippen molar-refractivity contribution in [3.8, 4) is 5.75 Å². The Morgan fingerprint density at radius 3 is 3.00 bits per heavy atom. The molecule has 15 heavy (non-hydrogen) atoms. The minimum atomic E-state index is -3.49. The highest BCUT2D eigenvalue weighted by Gasteiger charge is 2.25. The molecule has 0 saturated heterocycles. The third kappa shape index (κ3) is 2.09. The average Bonchev–Trinajstić information content (AvgIpc) is 2.27. The summed E-state index contributed by atoms with van der Waals surface area (Å²) in [6.45, 7) is 2.06. The van der Waals surface area contributed by atoms with Crippen LogP contribution >= 0.6 is 11.6 Å². The third-order valence-corrected chi connectivity index (χ3v) is 3.76. The van der Waals surface area contributed by atoms with Crippen molar-refractivity contribution in [3.05, 3.63) is 23.2 Å². The van der Waals surface area contributed by atoms with E-state index < -0.39 is 10.0 Å². The van der Waals surface area contributed by atoms with Crippen molar-refractivity contribution in [3.63, 3.8) is 0 Å². The van der Waals surface area contributed by atoms with Crippen LogP contribution in [0.3, 0.4) is 0 Å². The van der Waals surface area contributed by atoms with E-state index >= 15 is 0 Å². The molecule has 1 aromatic carbocycles. The lowest BCUT2D eigenvalue weighted by atomic mass is 10.3. The largest absolute Gasteiger partial charge is 0.488 e. The van der Waals surface area contributed by atoms with Crippen molar-refractivity contribution >= 4 is 21.6 Å². The van der Waals surface area contributed by atoms with Gasteiger partial charge in [-0.15, -0.1) is 0 Å². The van der Waals surface area contributed by atoms with E-state index in [9.17, 15) is 8.42 Å². The fourth-order valence-electron chi connectivity index (χ4n) is 1.35. The number of benzene rings is 1. The van der Waals surface area contributed by atoms with E-state index in [0.29, 0.717) is 10.8 Å². The zero-order chi connectivity index (χ0) is 11.1. The lowest BCUT2D eigenvalue weighted by Gasteiger charge is -2.10. The first-order chi connectivity index (χ1) is 6.99. The Morgan fingerprint density at radius 1 is 1.53 bits per heavy atom. The Bertz CT molecular complexity index is 486. The molecule has 1 aliphatic rings. The summed E-state index contributed by atoms with van der Waals surface area (Å²) < 4.78 is 31.4. The van der Waals surface area contributed by atoms with Crippen molar-refractivity contribution in [1.82, 2.24) is 4.72 Å². The maximum atomic E-state index is 11.7. The normalized spacial score (nSPS) is 23.7. The highest BCUT2D eigenvalue weighted by atomic mass is 35.5. The number of hydrogen-bond donors (Lipinski definition) is 1. The van der Waals surface area contributed by atoms with E-state index in [0.717, 1.165) is 0 Å². The van der Waals surface area contributed by atoms with Gasteiger partial charge in [0.1, 0.15) is 16.7 Å². The first kappa shape index (κ1) is 10.7. The molecule has 0 bridgehead atoms. The molecule has 1 aliphatic heterocycles. The fourth-order valence-corrected chi connectivity index (χ4v) is 2.86. The molecule has 0 amide bonds. The predicted molar refractivity (Wildman–Crippen MR) is 56.7 cm³/mol. The van der Waals surface area contributed by atoms with Crippen molar-refractivity contribution in [2.75, 3.05) is 6.54 Å². The number of hydrogen-bond acceptors (Lipinski definition) is 3. The lowest BCUT2D eigenvalue weighted by Crippen LogP contribution is -2.29. The Kier molecular flexibility index (Phi) is 2.62. The molecule has 2 rings (SSSR count). The summed E-state index contributed by atoms with van der Waals surface area (Å²) in [6.07, 6.45) is -0.192. The summed E-state index contributed by atoms with van der Waals surface area (Å²) in [6, 6.07) is 4.56. The Hall–Kier alpha value is -0.780. The Labute approximate surface area is 93.2 Å². The minimum Gasteiger partial charge on any atom is -0.488 e. The second kappa shape index (κ2) is 3.66. The number of nitrogens with one attached hydrogen (secondary N) is 1. The van der Waals surface area contributed by atoms with Gasteiger partial charge in [0.15, 0.2) is 0 Å². The van der Waals surface area contributed by atoms with Gasteiger partial charge in [0.25, 0.3) is 0 Å². The number of halogens is 1. The standard InChI is InChI=1S/C9H10ClNO3S/c1-6-5-11-15(12,13)9-4-7(10)2-3-8(9)14-6/h2-4,6,11H,5H2,1H3/t6-/m0/s1. The first-order valence-electron chi connectivity index (χ1n) is 4.45. The lowest BCUT2D eigenvalue weighted by molar-refractivity contribution is 0.224. The number of fused-ring (bicyclic) bond motifs is 1. The SMILES string of the molecule is C[C@H]1CNS(=O)(=O)c2cc(Cl)ccc2O1. The van der Waals surface area contributed by atoms with Crippen LogP contribution in [0.1, 0.15) is 6.92 Å². The molecular formula is C9H10ClNO3S. The molecule has 4 nitrogen and oxygen atoms in total. The summed E-state index contributed by atoms with van der Waals surface area (Å²) in [5, 5.41) is 0.372. The molecular weight excluding hydrogens is 238 g/mol. The van der Waals surface area contributed by atoms with Gasteiger partial charge in [-0.1, -0.05) is 11.6 Å². The van der Waals surface area contributed by atoms with Crippen LogP contribution in [0.4, 0.5) is 0 Å². The number of sulfonamides is 1. The second-order valence-corrected chi connectivity index (χ2v) is 5.54. The van der Waals surface area contributed by atoms with Gasteiger partial charge in [0, 0.05) is 11.6 Å². The molecule has 0 aliphatic carbocycles. The summed E-state index contributed by atoms with van der Waals surface area (Å²) in [4.78, 5) is 0.0966. The van der Waals surface area contributed by atoms with Gasteiger partial charge >= 0.3 is 0 Å². The van der Waals surface area contributed by atoms with E-state index in [-0.39, 0.29) is 17.5 Å². The molecule has 1 atom stereocenters. The van der Waals surface area contributed by atoms with Crippen LogP contribution in [0, 0.1) is 0 Å². The first-order valence-corrected chi connectivity index (χ1v) is 6.31. The molecule has 0 saturated carbocycles. The molecule has 1 N–H and O–H groups in total. The Morgan fingerprint density at radius 2 is 2.27 bits per heavy atom. The summed E-state index contributed by atoms with van der Waals surface area (Å²) in [7, 11) is -3.49. The van der Waals surface area contributed by atoms with Crippen LogP contribution in [0.5, 0.6) is 5.75 Å². The molecule has 0 unspecified atom stereocenters. The zero-order valence-electron chi connectivity index (χ0n) is 8.03. The van der Waals surface area contributed by atoms with Crippen molar-refractivity contribution in [2.24, 2.45) is 0 Å². The van der Waals surface area contributed by atoms with Crippen LogP contribution in [0.15, 0.2) is 23.1 Å². The maximum absolute atomic E-state index is 11.7. The van der Waals surface area contributed by atoms with E-state index in [1.54, 1.807) is 19.1 Å².